The van der Waals surface area contributed by atoms with Crippen LogP contribution in [0.2, 0.25) is 0 Å². The van der Waals surface area contributed by atoms with E-state index in [0.717, 1.165) is 18.4 Å². The van der Waals surface area contributed by atoms with Crippen molar-refractivity contribution in [2.24, 2.45) is 0 Å². The Hall–Kier alpha value is -2.44. The maximum absolute atomic E-state index is 12.4. The lowest BCUT2D eigenvalue weighted by atomic mass is 10.0. The molecule has 2 N–H and O–H groups in total. The molecule has 0 aromatic heterocycles. The predicted molar refractivity (Wildman–Crippen MR) is 90.3 cm³/mol. The molecule has 0 spiro atoms. The summed E-state index contributed by atoms with van der Waals surface area (Å²) in [5, 5.41) is 5.51. The molecule has 1 aliphatic rings. The molecule has 3 amide bonds. The molecule has 2 rings (SSSR count). The van der Waals surface area contributed by atoms with E-state index in [1.54, 1.807) is 14.2 Å². The van der Waals surface area contributed by atoms with Gasteiger partial charge < -0.3 is 25.0 Å². The molecule has 1 aromatic carbocycles. The van der Waals surface area contributed by atoms with Crippen molar-refractivity contribution in [2.45, 2.75) is 25.8 Å². The molecule has 24 heavy (non-hydrogen) atoms. The molecule has 0 radical (unpaired) electrons. The molecule has 0 saturated carbocycles. The van der Waals surface area contributed by atoms with Gasteiger partial charge in [0.2, 0.25) is 5.91 Å². The third kappa shape index (κ3) is 4.31. The molecule has 1 heterocycles. The number of methoxy groups -OCH3 is 2. The Morgan fingerprint density at radius 1 is 1.17 bits per heavy atom. The Labute approximate surface area is 142 Å². The van der Waals surface area contributed by atoms with Gasteiger partial charge in [-0.3, -0.25) is 4.79 Å². The van der Waals surface area contributed by atoms with Crippen molar-refractivity contribution in [3.63, 3.8) is 0 Å². The number of rotatable bonds is 6. The van der Waals surface area contributed by atoms with E-state index in [2.05, 4.69) is 10.6 Å². The summed E-state index contributed by atoms with van der Waals surface area (Å²) in [6.45, 7) is 3.00. The number of carbonyl (C=O) groups is 2. The van der Waals surface area contributed by atoms with Gasteiger partial charge in [0, 0.05) is 26.6 Å². The minimum atomic E-state index is -0.113. The van der Waals surface area contributed by atoms with E-state index >= 15 is 0 Å². The SMILES string of the molecule is COc1ccc(C2CCCN2C(=O)NCCNC(C)=O)cc1OC. The van der Waals surface area contributed by atoms with Crippen LogP contribution in [0, 0.1) is 0 Å². The summed E-state index contributed by atoms with van der Waals surface area (Å²) in [4.78, 5) is 25.1. The van der Waals surface area contributed by atoms with Crippen molar-refractivity contribution in [3.8, 4) is 11.5 Å². The summed E-state index contributed by atoms with van der Waals surface area (Å²) in [7, 11) is 3.20. The lowest BCUT2D eigenvalue weighted by Crippen LogP contribution is -2.42. The first-order chi connectivity index (χ1) is 11.6. The van der Waals surface area contributed by atoms with Crippen molar-refractivity contribution in [3.05, 3.63) is 23.8 Å². The van der Waals surface area contributed by atoms with Crippen LogP contribution in [0.25, 0.3) is 0 Å². The molecule has 1 atom stereocenters. The van der Waals surface area contributed by atoms with Gasteiger partial charge in [-0.1, -0.05) is 6.07 Å². The third-order valence-corrected chi connectivity index (χ3v) is 4.08. The lowest BCUT2D eigenvalue weighted by molar-refractivity contribution is -0.118. The Balaban J connectivity index is 2.02. The van der Waals surface area contributed by atoms with Gasteiger partial charge in [-0.2, -0.15) is 0 Å². The van der Waals surface area contributed by atoms with Gasteiger partial charge in [-0.05, 0) is 30.5 Å². The average Bonchev–Trinajstić information content (AvgIpc) is 3.07. The second-order valence-electron chi connectivity index (χ2n) is 5.68. The van der Waals surface area contributed by atoms with Gasteiger partial charge in [-0.15, -0.1) is 0 Å². The largest absolute Gasteiger partial charge is 0.493 e. The number of amides is 3. The van der Waals surface area contributed by atoms with E-state index in [-0.39, 0.29) is 18.0 Å². The summed E-state index contributed by atoms with van der Waals surface area (Å²) in [6, 6.07) is 5.66. The van der Waals surface area contributed by atoms with Crippen LogP contribution < -0.4 is 20.1 Å². The number of benzene rings is 1. The first kappa shape index (κ1) is 17.9. The highest BCUT2D eigenvalue weighted by Gasteiger charge is 2.30. The second-order valence-corrected chi connectivity index (χ2v) is 5.68. The van der Waals surface area contributed by atoms with E-state index in [1.165, 1.54) is 6.92 Å². The number of urea groups is 1. The van der Waals surface area contributed by atoms with Gasteiger partial charge in [0.15, 0.2) is 11.5 Å². The molecule has 1 unspecified atom stereocenters. The lowest BCUT2D eigenvalue weighted by Gasteiger charge is -2.26. The Morgan fingerprint density at radius 2 is 1.88 bits per heavy atom. The quantitative estimate of drug-likeness (QED) is 0.775. The molecule has 1 aromatic rings. The van der Waals surface area contributed by atoms with E-state index in [1.807, 2.05) is 23.1 Å². The predicted octanol–water partition coefficient (Wildman–Crippen LogP) is 1.69. The number of hydrogen-bond acceptors (Lipinski definition) is 4. The van der Waals surface area contributed by atoms with E-state index in [9.17, 15) is 9.59 Å². The van der Waals surface area contributed by atoms with Crippen LogP contribution in [-0.2, 0) is 4.79 Å². The standard InChI is InChI=1S/C17H25N3O4/c1-12(21)18-8-9-19-17(22)20-10-4-5-14(20)13-6-7-15(23-2)16(11-13)24-3/h6-7,11,14H,4-5,8-10H2,1-3H3,(H,18,21)(H,19,22). The van der Waals surface area contributed by atoms with Crippen LogP contribution in [0.4, 0.5) is 4.79 Å². The topological polar surface area (TPSA) is 79.9 Å². The van der Waals surface area contributed by atoms with Crippen molar-refractivity contribution >= 4 is 11.9 Å². The summed E-state index contributed by atoms with van der Waals surface area (Å²) >= 11 is 0. The maximum atomic E-state index is 12.4. The highest BCUT2D eigenvalue weighted by molar-refractivity contribution is 5.75. The highest BCUT2D eigenvalue weighted by atomic mass is 16.5. The Morgan fingerprint density at radius 3 is 2.54 bits per heavy atom. The van der Waals surface area contributed by atoms with Crippen LogP contribution in [0.5, 0.6) is 11.5 Å². The molecule has 1 fully saturated rings. The van der Waals surface area contributed by atoms with Gasteiger partial charge in [0.05, 0.1) is 20.3 Å². The molecular weight excluding hydrogens is 310 g/mol. The van der Waals surface area contributed by atoms with Gasteiger partial charge in [0.25, 0.3) is 0 Å². The zero-order valence-electron chi connectivity index (χ0n) is 14.4. The first-order valence-electron chi connectivity index (χ1n) is 8.07. The molecule has 0 bridgehead atoms. The fraction of sp³-hybridized carbons (Fsp3) is 0.529. The van der Waals surface area contributed by atoms with Crippen LogP contribution in [-0.4, -0.2) is 50.7 Å². The molecule has 7 nitrogen and oxygen atoms in total. The number of nitrogens with zero attached hydrogens (tertiary/aromatic N) is 1. The first-order valence-corrected chi connectivity index (χ1v) is 8.07. The molecule has 132 valence electrons. The molecular formula is C17H25N3O4. The summed E-state index contributed by atoms with van der Waals surface area (Å²) in [6.07, 6.45) is 1.87. The van der Waals surface area contributed by atoms with E-state index in [0.29, 0.717) is 31.1 Å². The summed E-state index contributed by atoms with van der Waals surface area (Å²) < 4.78 is 10.6. The van der Waals surface area contributed by atoms with Crippen molar-refractivity contribution in [1.82, 2.24) is 15.5 Å². The van der Waals surface area contributed by atoms with Crippen LogP contribution in [0.3, 0.4) is 0 Å². The van der Waals surface area contributed by atoms with Gasteiger partial charge in [0.1, 0.15) is 0 Å². The molecule has 1 aliphatic heterocycles. The Bertz CT molecular complexity index is 591. The van der Waals surface area contributed by atoms with Crippen LogP contribution in [0.1, 0.15) is 31.4 Å². The molecule has 0 aliphatic carbocycles. The molecule has 1 saturated heterocycles. The third-order valence-electron chi connectivity index (χ3n) is 4.08. The second kappa shape index (κ2) is 8.42. The zero-order chi connectivity index (χ0) is 17.5. The van der Waals surface area contributed by atoms with Crippen molar-refractivity contribution in [1.29, 1.82) is 0 Å². The number of ether oxygens (including phenoxy) is 2. The monoisotopic (exact) mass is 335 g/mol. The number of nitrogens with one attached hydrogen (secondary N) is 2. The number of carbonyl (C=O) groups excluding carboxylic acids is 2. The van der Waals surface area contributed by atoms with E-state index < -0.39 is 0 Å². The zero-order valence-corrected chi connectivity index (χ0v) is 14.4. The summed E-state index contributed by atoms with van der Waals surface area (Å²) in [5.74, 6) is 1.23. The van der Waals surface area contributed by atoms with Gasteiger partial charge >= 0.3 is 6.03 Å². The Kier molecular flexibility index (Phi) is 6.28. The molecule has 7 heteroatoms. The van der Waals surface area contributed by atoms with Crippen molar-refractivity contribution < 1.29 is 19.1 Å². The smallest absolute Gasteiger partial charge is 0.317 e. The highest BCUT2D eigenvalue weighted by Crippen LogP contribution is 2.36. The van der Waals surface area contributed by atoms with Gasteiger partial charge in [-0.25, -0.2) is 4.79 Å². The normalized spacial score (nSPS) is 16.6. The number of hydrogen-bond donors (Lipinski definition) is 2. The van der Waals surface area contributed by atoms with Crippen molar-refractivity contribution in [2.75, 3.05) is 33.9 Å². The van der Waals surface area contributed by atoms with Crippen LogP contribution in [0.15, 0.2) is 18.2 Å². The minimum Gasteiger partial charge on any atom is -0.493 e. The summed E-state index contributed by atoms with van der Waals surface area (Å²) in [5.41, 5.74) is 1.03. The van der Waals surface area contributed by atoms with Crippen LogP contribution >= 0.6 is 0 Å². The number of likely N-dealkylation sites (tertiary alicyclic amines) is 1. The maximum Gasteiger partial charge on any atom is 0.317 e. The fourth-order valence-electron chi connectivity index (χ4n) is 2.93. The van der Waals surface area contributed by atoms with E-state index in [4.69, 9.17) is 9.47 Å². The minimum absolute atomic E-state index is 0.0190. The average molecular weight is 335 g/mol. The fourth-order valence-corrected chi connectivity index (χ4v) is 2.93.